The van der Waals surface area contributed by atoms with Crippen molar-refractivity contribution in [2.45, 2.75) is 74.6 Å². The molecule has 230 valence electrons. The van der Waals surface area contributed by atoms with E-state index in [-0.39, 0.29) is 18.0 Å². The van der Waals surface area contributed by atoms with Crippen molar-refractivity contribution in [2.75, 3.05) is 13.1 Å². The lowest BCUT2D eigenvalue weighted by molar-refractivity contribution is -0.137. The molecule has 2 aliphatic rings. The maximum absolute atomic E-state index is 14.1. The van der Waals surface area contributed by atoms with E-state index in [1.807, 2.05) is 0 Å². The minimum atomic E-state index is -4.74. The number of likely N-dealkylation sites (tertiary alicyclic amines) is 1. The van der Waals surface area contributed by atoms with Gasteiger partial charge in [0.1, 0.15) is 5.82 Å². The number of halogens is 4. The van der Waals surface area contributed by atoms with Crippen LogP contribution in [0, 0.1) is 5.82 Å². The van der Waals surface area contributed by atoms with Gasteiger partial charge in [-0.1, -0.05) is 42.8 Å². The van der Waals surface area contributed by atoms with Crippen molar-refractivity contribution in [3.8, 4) is 0 Å². The van der Waals surface area contributed by atoms with Gasteiger partial charge < -0.3 is 5.32 Å². The third-order valence-electron chi connectivity index (χ3n) is 8.12. The number of hydrogen-bond acceptors (Lipinski definition) is 4. The Morgan fingerprint density at radius 3 is 2.47 bits per heavy atom. The number of sulfonamides is 1. The lowest BCUT2D eigenvalue weighted by Gasteiger charge is -2.29. The van der Waals surface area contributed by atoms with E-state index in [1.165, 1.54) is 48.6 Å². The van der Waals surface area contributed by atoms with Crippen molar-refractivity contribution >= 4 is 15.9 Å². The van der Waals surface area contributed by atoms with Crippen LogP contribution in [0.1, 0.15) is 78.4 Å². The molecule has 1 aliphatic carbocycles. The number of nitrogens with zero attached hydrogens (tertiary/aromatic N) is 1. The molecule has 0 saturated carbocycles. The Hall–Kier alpha value is -3.28. The molecule has 2 unspecified atom stereocenters. The maximum atomic E-state index is 14.1. The van der Waals surface area contributed by atoms with Gasteiger partial charge in [-0.2, -0.15) is 13.2 Å². The predicted molar refractivity (Wildman–Crippen MR) is 155 cm³/mol. The van der Waals surface area contributed by atoms with Crippen LogP contribution in [0.3, 0.4) is 0 Å². The minimum Gasteiger partial charge on any atom is -0.349 e. The van der Waals surface area contributed by atoms with E-state index in [0.29, 0.717) is 12.5 Å². The Morgan fingerprint density at radius 1 is 0.953 bits per heavy atom. The molecule has 1 amide bonds. The lowest BCUT2D eigenvalue weighted by atomic mass is 9.86. The van der Waals surface area contributed by atoms with Crippen LogP contribution in [0.25, 0.3) is 0 Å². The van der Waals surface area contributed by atoms with Gasteiger partial charge in [0, 0.05) is 13.0 Å². The van der Waals surface area contributed by atoms with E-state index in [1.54, 1.807) is 0 Å². The van der Waals surface area contributed by atoms with Crippen LogP contribution >= 0.6 is 0 Å². The Labute approximate surface area is 249 Å². The number of carbonyl (C=O) groups is 1. The first-order valence-corrected chi connectivity index (χ1v) is 16.0. The van der Waals surface area contributed by atoms with Gasteiger partial charge in [0.2, 0.25) is 15.9 Å². The molecule has 1 saturated heterocycles. The Bertz CT molecular complexity index is 1560. The summed E-state index contributed by atoms with van der Waals surface area (Å²) >= 11 is 0. The molecule has 1 heterocycles. The van der Waals surface area contributed by atoms with Gasteiger partial charge in [0.05, 0.1) is 22.5 Å². The first-order valence-electron chi connectivity index (χ1n) is 14.6. The molecule has 3 aromatic rings. The number of nitrogens with one attached hydrogen (secondary N) is 2. The van der Waals surface area contributed by atoms with E-state index in [9.17, 15) is 30.8 Å². The number of fused-ring (bicyclic) bond motifs is 1. The van der Waals surface area contributed by atoms with Gasteiger partial charge in [0.15, 0.2) is 0 Å². The molecule has 1 fully saturated rings. The van der Waals surface area contributed by atoms with Crippen molar-refractivity contribution < 1.29 is 30.8 Å². The van der Waals surface area contributed by atoms with Gasteiger partial charge in [-0.05, 0) is 97.8 Å². The minimum absolute atomic E-state index is 0.178. The highest BCUT2D eigenvalue weighted by Crippen LogP contribution is 2.33. The standard InChI is InChI=1S/C32H35F4N3O3S/c33-26-10-4-8-24(18-26)30(38-43(41,42)27-11-6-9-25(19-27)32(34,35)36)20-31(40)37-29-12-5-7-23-17-22(13-14-28(23)29)21-39-15-2-1-3-16-39/h4,6,8-11,13-14,17-19,29-30,38H,1-3,5,7,12,15-16,20-21H2,(H,37,40). The second-order valence-corrected chi connectivity index (χ2v) is 13.1. The third-order valence-corrected chi connectivity index (χ3v) is 9.59. The molecular weight excluding hydrogens is 582 g/mol. The first kappa shape index (κ1) is 31.2. The molecule has 0 spiro atoms. The summed E-state index contributed by atoms with van der Waals surface area (Å²) in [5.74, 6) is -1.10. The topological polar surface area (TPSA) is 78.5 Å². The van der Waals surface area contributed by atoms with Crippen LogP contribution in [0.5, 0.6) is 0 Å². The highest BCUT2D eigenvalue weighted by Gasteiger charge is 2.33. The molecule has 1 aliphatic heterocycles. The lowest BCUT2D eigenvalue weighted by Crippen LogP contribution is -2.36. The number of rotatable bonds is 9. The molecule has 0 radical (unpaired) electrons. The fraction of sp³-hybridized carbons (Fsp3) is 0.406. The zero-order valence-electron chi connectivity index (χ0n) is 23.7. The summed E-state index contributed by atoms with van der Waals surface area (Å²) in [5, 5.41) is 3.02. The largest absolute Gasteiger partial charge is 0.416 e. The maximum Gasteiger partial charge on any atom is 0.416 e. The Kier molecular flexibility index (Phi) is 9.53. The fourth-order valence-corrected chi connectivity index (χ4v) is 7.25. The van der Waals surface area contributed by atoms with E-state index >= 15 is 0 Å². The molecule has 11 heteroatoms. The van der Waals surface area contributed by atoms with Crippen molar-refractivity contribution in [3.05, 3.63) is 100 Å². The smallest absolute Gasteiger partial charge is 0.349 e. The van der Waals surface area contributed by atoms with E-state index in [2.05, 4.69) is 33.1 Å². The van der Waals surface area contributed by atoms with Crippen molar-refractivity contribution in [3.63, 3.8) is 0 Å². The number of alkyl halides is 3. The van der Waals surface area contributed by atoms with E-state index < -0.39 is 44.4 Å². The number of aryl methyl sites for hydroxylation is 1. The Balaban J connectivity index is 1.32. The highest BCUT2D eigenvalue weighted by atomic mass is 32.2. The SMILES string of the molecule is O=C(CC(NS(=O)(=O)c1cccc(C(F)(F)F)c1)c1cccc(F)c1)NC1CCCc2cc(CN3CCCCC3)ccc21. The first-order chi connectivity index (χ1) is 20.5. The number of piperidine rings is 1. The van der Waals surface area contributed by atoms with E-state index in [4.69, 9.17) is 0 Å². The Morgan fingerprint density at radius 2 is 1.72 bits per heavy atom. The average molecular weight is 618 g/mol. The van der Waals surface area contributed by atoms with Gasteiger partial charge in [0.25, 0.3) is 0 Å². The normalized spacial score (nSPS) is 18.6. The van der Waals surface area contributed by atoms with Gasteiger partial charge >= 0.3 is 6.18 Å². The predicted octanol–water partition coefficient (Wildman–Crippen LogP) is 6.43. The number of carbonyl (C=O) groups excluding carboxylic acids is 1. The molecule has 5 rings (SSSR count). The van der Waals surface area contributed by atoms with Crippen LogP contribution in [0.4, 0.5) is 17.6 Å². The molecule has 0 bridgehead atoms. The van der Waals surface area contributed by atoms with E-state index in [0.717, 1.165) is 62.3 Å². The van der Waals surface area contributed by atoms with Crippen molar-refractivity contribution in [1.29, 1.82) is 0 Å². The summed E-state index contributed by atoms with van der Waals surface area (Å²) in [5.41, 5.74) is 2.50. The zero-order valence-corrected chi connectivity index (χ0v) is 24.5. The van der Waals surface area contributed by atoms with Gasteiger partial charge in [-0.15, -0.1) is 0 Å². The van der Waals surface area contributed by atoms with Crippen LogP contribution < -0.4 is 10.0 Å². The van der Waals surface area contributed by atoms with Crippen LogP contribution in [0.2, 0.25) is 0 Å². The summed E-state index contributed by atoms with van der Waals surface area (Å²) in [4.78, 5) is 15.2. The summed E-state index contributed by atoms with van der Waals surface area (Å²) in [6.45, 7) is 3.09. The second-order valence-electron chi connectivity index (χ2n) is 11.3. The highest BCUT2D eigenvalue weighted by molar-refractivity contribution is 7.89. The van der Waals surface area contributed by atoms with Crippen LogP contribution in [-0.4, -0.2) is 32.3 Å². The monoisotopic (exact) mass is 617 g/mol. The van der Waals surface area contributed by atoms with Crippen LogP contribution in [-0.2, 0) is 34.0 Å². The third kappa shape index (κ3) is 8.01. The van der Waals surface area contributed by atoms with Crippen LogP contribution in [0.15, 0.2) is 71.6 Å². The molecular formula is C32H35F4N3O3S. The summed E-state index contributed by atoms with van der Waals surface area (Å²) < 4.78 is 82.6. The molecule has 2 atom stereocenters. The number of amides is 1. The van der Waals surface area contributed by atoms with Gasteiger partial charge in [-0.3, -0.25) is 9.69 Å². The van der Waals surface area contributed by atoms with Crippen molar-refractivity contribution in [2.24, 2.45) is 0 Å². The molecule has 2 N–H and O–H groups in total. The molecule has 0 aromatic heterocycles. The molecule has 3 aromatic carbocycles. The van der Waals surface area contributed by atoms with Crippen molar-refractivity contribution in [1.82, 2.24) is 14.9 Å². The number of hydrogen-bond donors (Lipinski definition) is 2. The summed E-state index contributed by atoms with van der Waals surface area (Å²) in [7, 11) is -4.50. The summed E-state index contributed by atoms with van der Waals surface area (Å²) in [6, 6.07) is 13.3. The second kappa shape index (κ2) is 13.2. The fourth-order valence-electron chi connectivity index (χ4n) is 5.98. The zero-order chi connectivity index (χ0) is 30.6. The summed E-state index contributed by atoms with van der Waals surface area (Å²) in [6.07, 6.45) is 1.08. The molecule has 6 nitrogen and oxygen atoms in total. The average Bonchev–Trinajstić information content (AvgIpc) is 2.97. The molecule has 43 heavy (non-hydrogen) atoms. The number of benzene rings is 3. The quantitative estimate of drug-likeness (QED) is 0.271. The van der Waals surface area contributed by atoms with Gasteiger partial charge in [-0.25, -0.2) is 17.5 Å².